The third kappa shape index (κ3) is 5.57. The molecule has 6 heteroatoms. The lowest BCUT2D eigenvalue weighted by atomic mass is 10.1. The Morgan fingerprint density at radius 3 is 2.94 bits per heavy atom. The summed E-state index contributed by atoms with van der Waals surface area (Å²) < 4.78 is 5.40. The SMILES string of the molecule is CC(C)CCOCCNC(=O)c1csc(CN)n1. The van der Waals surface area contributed by atoms with Crippen molar-refractivity contribution in [2.45, 2.75) is 26.8 Å². The summed E-state index contributed by atoms with van der Waals surface area (Å²) in [6.45, 7) is 6.46. The van der Waals surface area contributed by atoms with Crippen molar-refractivity contribution >= 4 is 17.2 Å². The Morgan fingerprint density at radius 1 is 1.56 bits per heavy atom. The fourth-order valence-corrected chi connectivity index (χ4v) is 1.91. The van der Waals surface area contributed by atoms with Crippen LogP contribution >= 0.6 is 11.3 Å². The Labute approximate surface area is 112 Å². The molecule has 0 aliphatic carbocycles. The van der Waals surface area contributed by atoms with Gasteiger partial charge in [0.15, 0.2) is 0 Å². The number of hydrogen-bond donors (Lipinski definition) is 2. The maximum atomic E-state index is 11.7. The van der Waals surface area contributed by atoms with E-state index in [1.807, 2.05) is 0 Å². The quantitative estimate of drug-likeness (QED) is 0.701. The van der Waals surface area contributed by atoms with Crippen LogP contribution in [0, 0.1) is 5.92 Å². The van der Waals surface area contributed by atoms with E-state index >= 15 is 0 Å². The molecular weight excluding hydrogens is 250 g/mol. The summed E-state index contributed by atoms with van der Waals surface area (Å²) in [6.07, 6.45) is 1.04. The number of thiazole rings is 1. The Hall–Kier alpha value is -0.980. The summed E-state index contributed by atoms with van der Waals surface area (Å²) in [7, 11) is 0. The zero-order valence-electron chi connectivity index (χ0n) is 10.9. The zero-order chi connectivity index (χ0) is 13.4. The lowest BCUT2D eigenvalue weighted by Gasteiger charge is -2.06. The molecule has 1 rings (SSSR count). The van der Waals surface area contributed by atoms with Crippen LogP contribution in [0.15, 0.2) is 5.38 Å². The molecule has 1 aromatic rings. The molecular formula is C12H21N3O2S. The fraction of sp³-hybridized carbons (Fsp3) is 0.667. The van der Waals surface area contributed by atoms with Gasteiger partial charge in [0.2, 0.25) is 0 Å². The average molecular weight is 271 g/mol. The van der Waals surface area contributed by atoms with E-state index in [2.05, 4.69) is 24.1 Å². The van der Waals surface area contributed by atoms with E-state index in [0.717, 1.165) is 18.0 Å². The molecule has 0 atom stereocenters. The summed E-state index contributed by atoms with van der Waals surface area (Å²) in [5, 5.41) is 5.25. The first kappa shape index (κ1) is 15.1. The predicted molar refractivity (Wildman–Crippen MR) is 72.6 cm³/mol. The van der Waals surface area contributed by atoms with Crippen LogP contribution in [-0.4, -0.2) is 30.6 Å². The van der Waals surface area contributed by atoms with Crippen LogP contribution in [0.25, 0.3) is 0 Å². The lowest BCUT2D eigenvalue weighted by Crippen LogP contribution is -2.27. The van der Waals surface area contributed by atoms with Crippen LogP contribution in [0.2, 0.25) is 0 Å². The maximum Gasteiger partial charge on any atom is 0.270 e. The second-order valence-corrected chi connectivity index (χ2v) is 5.32. The summed E-state index contributed by atoms with van der Waals surface area (Å²) >= 11 is 1.40. The maximum absolute atomic E-state index is 11.7. The second-order valence-electron chi connectivity index (χ2n) is 4.38. The highest BCUT2D eigenvalue weighted by Gasteiger charge is 2.09. The van der Waals surface area contributed by atoms with E-state index in [-0.39, 0.29) is 5.91 Å². The molecule has 0 aliphatic rings. The molecule has 18 heavy (non-hydrogen) atoms. The van der Waals surface area contributed by atoms with Gasteiger partial charge in [-0.2, -0.15) is 0 Å². The van der Waals surface area contributed by atoms with E-state index in [9.17, 15) is 4.79 Å². The van der Waals surface area contributed by atoms with Gasteiger partial charge in [0, 0.05) is 25.1 Å². The van der Waals surface area contributed by atoms with Gasteiger partial charge in [-0.15, -0.1) is 11.3 Å². The largest absolute Gasteiger partial charge is 0.380 e. The van der Waals surface area contributed by atoms with Crippen LogP contribution in [0.5, 0.6) is 0 Å². The molecule has 1 aromatic heterocycles. The summed E-state index contributed by atoms with van der Waals surface area (Å²) in [4.78, 5) is 15.8. The van der Waals surface area contributed by atoms with Crippen LogP contribution in [0.4, 0.5) is 0 Å². The van der Waals surface area contributed by atoms with Crippen molar-refractivity contribution in [3.63, 3.8) is 0 Å². The second kappa shape index (κ2) is 8.18. The predicted octanol–water partition coefficient (Wildman–Crippen LogP) is 1.39. The third-order valence-electron chi connectivity index (χ3n) is 2.33. The molecule has 5 nitrogen and oxygen atoms in total. The minimum atomic E-state index is -0.168. The van der Waals surface area contributed by atoms with Gasteiger partial charge < -0.3 is 15.8 Å². The number of rotatable bonds is 8. The molecule has 0 fully saturated rings. The van der Waals surface area contributed by atoms with Gasteiger partial charge in [0.05, 0.1) is 6.61 Å². The molecule has 1 heterocycles. The van der Waals surface area contributed by atoms with Crippen molar-refractivity contribution in [1.29, 1.82) is 0 Å². The van der Waals surface area contributed by atoms with Crippen LogP contribution in [0.3, 0.4) is 0 Å². The first-order chi connectivity index (χ1) is 8.63. The monoisotopic (exact) mass is 271 g/mol. The van der Waals surface area contributed by atoms with Gasteiger partial charge in [-0.05, 0) is 12.3 Å². The number of ether oxygens (including phenoxy) is 1. The van der Waals surface area contributed by atoms with E-state index < -0.39 is 0 Å². The first-order valence-corrected chi connectivity index (χ1v) is 7.02. The number of nitrogens with zero attached hydrogens (tertiary/aromatic N) is 1. The summed E-state index contributed by atoms with van der Waals surface area (Å²) in [6, 6.07) is 0. The molecule has 0 saturated heterocycles. The number of nitrogens with two attached hydrogens (primary N) is 1. The molecule has 0 aromatic carbocycles. The zero-order valence-corrected chi connectivity index (χ0v) is 11.8. The van der Waals surface area contributed by atoms with Gasteiger partial charge in [0.1, 0.15) is 10.7 Å². The van der Waals surface area contributed by atoms with Crippen molar-refractivity contribution < 1.29 is 9.53 Å². The number of carbonyl (C=O) groups excluding carboxylic acids is 1. The van der Waals surface area contributed by atoms with E-state index in [1.165, 1.54) is 11.3 Å². The molecule has 0 aliphatic heterocycles. The standard InChI is InChI=1S/C12H21N3O2S/c1-9(2)3-5-17-6-4-14-12(16)10-8-18-11(7-13)15-10/h8-9H,3-7,13H2,1-2H3,(H,14,16). The Morgan fingerprint density at radius 2 is 2.33 bits per heavy atom. The average Bonchev–Trinajstić information content (AvgIpc) is 2.81. The van der Waals surface area contributed by atoms with Gasteiger partial charge in [-0.25, -0.2) is 4.98 Å². The smallest absolute Gasteiger partial charge is 0.270 e. The molecule has 1 amide bonds. The van der Waals surface area contributed by atoms with Crippen molar-refractivity contribution in [3.8, 4) is 0 Å². The van der Waals surface area contributed by atoms with E-state index in [1.54, 1.807) is 5.38 Å². The molecule has 0 saturated carbocycles. The van der Waals surface area contributed by atoms with Crippen LogP contribution in [0.1, 0.15) is 35.8 Å². The normalized spacial score (nSPS) is 10.9. The highest BCUT2D eigenvalue weighted by Crippen LogP contribution is 2.08. The van der Waals surface area contributed by atoms with E-state index in [0.29, 0.717) is 31.3 Å². The highest BCUT2D eigenvalue weighted by molar-refractivity contribution is 7.09. The minimum absolute atomic E-state index is 0.168. The highest BCUT2D eigenvalue weighted by atomic mass is 32.1. The van der Waals surface area contributed by atoms with Gasteiger partial charge in [0.25, 0.3) is 5.91 Å². The number of nitrogens with one attached hydrogen (secondary N) is 1. The third-order valence-corrected chi connectivity index (χ3v) is 3.20. The van der Waals surface area contributed by atoms with Crippen molar-refractivity contribution in [3.05, 3.63) is 16.1 Å². The van der Waals surface area contributed by atoms with Crippen molar-refractivity contribution in [1.82, 2.24) is 10.3 Å². The van der Waals surface area contributed by atoms with Crippen LogP contribution < -0.4 is 11.1 Å². The van der Waals surface area contributed by atoms with Crippen molar-refractivity contribution in [2.24, 2.45) is 11.7 Å². The van der Waals surface area contributed by atoms with Gasteiger partial charge >= 0.3 is 0 Å². The number of hydrogen-bond acceptors (Lipinski definition) is 5. The number of amides is 1. The molecule has 0 unspecified atom stereocenters. The van der Waals surface area contributed by atoms with Gasteiger partial charge in [-0.1, -0.05) is 13.8 Å². The van der Waals surface area contributed by atoms with Gasteiger partial charge in [-0.3, -0.25) is 4.79 Å². The minimum Gasteiger partial charge on any atom is -0.380 e. The topological polar surface area (TPSA) is 77.2 Å². The number of aromatic nitrogens is 1. The number of carbonyl (C=O) groups is 1. The van der Waals surface area contributed by atoms with Crippen molar-refractivity contribution in [2.75, 3.05) is 19.8 Å². The van der Waals surface area contributed by atoms with Crippen LogP contribution in [-0.2, 0) is 11.3 Å². The molecule has 102 valence electrons. The fourth-order valence-electron chi connectivity index (χ4n) is 1.26. The first-order valence-electron chi connectivity index (χ1n) is 6.14. The Bertz CT molecular complexity index is 366. The molecule has 0 spiro atoms. The molecule has 0 radical (unpaired) electrons. The summed E-state index contributed by atoms with van der Waals surface area (Å²) in [5.74, 6) is 0.475. The Balaban J connectivity index is 2.13. The lowest BCUT2D eigenvalue weighted by molar-refractivity contribution is 0.0901. The molecule has 3 N–H and O–H groups in total. The Kier molecular flexibility index (Phi) is 6.85. The molecule has 0 bridgehead atoms. The summed E-state index contributed by atoms with van der Waals surface area (Å²) in [5.41, 5.74) is 5.87. The van der Waals surface area contributed by atoms with E-state index in [4.69, 9.17) is 10.5 Å².